The first-order valence-corrected chi connectivity index (χ1v) is 8.03. The summed E-state index contributed by atoms with van der Waals surface area (Å²) in [6.07, 6.45) is -5.13. The van der Waals surface area contributed by atoms with Gasteiger partial charge in [-0.25, -0.2) is 14.2 Å². The van der Waals surface area contributed by atoms with Gasteiger partial charge >= 0.3 is 12.3 Å². The molecule has 1 aromatic heterocycles. The predicted molar refractivity (Wildman–Crippen MR) is 84.3 cm³/mol. The van der Waals surface area contributed by atoms with Crippen LogP contribution in [0.15, 0.2) is 12.1 Å². The molecule has 0 radical (unpaired) electrons. The average molecular weight is 383 g/mol. The Morgan fingerprint density at radius 3 is 2.52 bits per heavy atom. The zero-order valence-corrected chi connectivity index (χ0v) is 14.8. The van der Waals surface area contributed by atoms with Crippen molar-refractivity contribution >= 4 is 17.7 Å². The first kappa shape index (κ1) is 19.8. The molecule has 0 aromatic carbocycles. The maximum Gasteiger partial charge on any atom is 0.416 e. The summed E-state index contributed by atoms with van der Waals surface area (Å²) in [5, 5.41) is -0.367. The molecule has 0 saturated carbocycles. The molecule has 140 valence electrons. The molecule has 2 heterocycles. The van der Waals surface area contributed by atoms with Gasteiger partial charge in [0.2, 0.25) is 0 Å². The lowest BCUT2D eigenvalue weighted by molar-refractivity contribution is -0.137. The molecule has 1 unspecified atom stereocenters. The number of halogens is 5. The topological polar surface area (TPSA) is 42.4 Å². The molecule has 2 rings (SSSR count). The highest BCUT2D eigenvalue weighted by Gasteiger charge is 2.45. The van der Waals surface area contributed by atoms with Gasteiger partial charge in [-0.2, -0.15) is 13.2 Å². The van der Waals surface area contributed by atoms with Gasteiger partial charge in [0.25, 0.3) is 0 Å². The fourth-order valence-corrected chi connectivity index (χ4v) is 2.88. The summed E-state index contributed by atoms with van der Waals surface area (Å²) in [6, 6.07) is 1.49. The molecular weight excluding hydrogens is 364 g/mol. The quantitative estimate of drug-likeness (QED) is 0.554. The number of alkyl halides is 4. The van der Waals surface area contributed by atoms with E-state index in [1.165, 1.54) is 4.90 Å². The smallest absolute Gasteiger partial charge is 0.416 e. The van der Waals surface area contributed by atoms with Crippen LogP contribution in [0.5, 0.6) is 0 Å². The van der Waals surface area contributed by atoms with Crippen molar-refractivity contribution in [3.8, 4) is 0 Å². The van der Waals surface area contributed by atoms with Gasteiger partial charge in [-0.3, -0.25) is 0 Å². The van der Waals surface area contributed by atoms with Gasteiger partial charge in [-0.1, -0.05) is 11.6 Å². The van der Waals surface area contributed by atoms with Gasteiger partial charge in [0, 0.05) is 13.1 Å². The standard InChI is InChI=1S/C16H19ClF4N2O2/c1-14(2,3)25-13(24)23-5-4-15(8-18,9-23)11-6-10(16(19,20)21)7-12(17)22-11/h6-7H,4-5,8-9H2,1-3H3. The molecule has 4 nitrogen and oxygen atoms in total. The van der Waals surface area contributed by atoms with E-state index in [9.17, 15) is 22.4 Å². The summed E-state index contributed by atoms with van der Waals surface area (Å²) in [4.78, 5) is 17.3. The number of ether oxygens (including phenoxy) is 1. The van der Waals surface area contributed by atoms with Crippen LogP contribution in [-0.4, -0.2) is 41.3 Å². The normalized spacial score (nSPS) is 21.5. The van der Waals surface area contributed by atoms with Gasteiger partial charge < -0.3 is 9.64 Å². The minimum atomic E-state index is -4.62. The van der Waals surface area contributed by atoms with Crippen molar-refractivity contribution in [2.24, 2.45) is 0 Å². The number of nitrogens with zero attached hydrogens (tertiary/aromatic N) is 2. The van der Waals surface area contributed by atoms with Gasteiger partial charge in [-0.05, 0) is 39.3 Å². The van der Waals surface area contributed by atoms with Crippen molar-refractivity contribution in [2.45, 2.75) is 44.4 Å². The monoisotopic (exact) mass is 382 g/mol. The summed E-state index contributed by atoms with van der Waals surface area (Å²) in [6.45, 7) is 4.15. The highest BCUT2D eigenvalue weighted by molar-refractivity contribution is 6.29. The summed E-state index contributed by atoms with van der Waals surface area (Å²) in [5.74, 6) is 0. The molecule has 0 spiro atoms. The number of likely N-dealkylation sites (tertiary alicyclic amines) is 1. The van der Waals surface area contributed by atoms with Crippen LogP contribution >= 0.6 is 11.6 Å². The molecular formula is C16H19ClF4N2O2. The first-order valence-electron chi connectivity index (χ1n) is 7.65. The Bertz CT molecular complexity index is 661. The largest absolute Gasteiger partial charge is 0.444 e. The molecule has 9 heteroatoms. The highest BCUT2D eigenvalue weighted by atomic mass is 35.5. The molecule has 1 amide bonds. The van der Waals surface area contributed by atoms with E-state index >= 15 is 0 Å². The summed E-state index contributed by atoms with van der Waals surface area (Å²) in [5.41, 5.74) is -3.16. The van der Waals surface area contributed by atoms with E-state index in [-0.39, 0.29) is 30.4 Å². The second kappa shape index (κ2) is 6.63. The molecule has 0 bridgehead atoms. The van der Waals surface area contributed by atoms with E-state index in [1.807, 2.05) is 0 Å². The molecule has 1 fully saturated rings. The zero-order chi connectivity index (χ0) is 19.0. The SMILES string of the molecule is CC(C)(C)OC(=O)N1CCC(CF)(c2cc(C(F)(F)F)cc(Cl)n2)C1. The number of amides is 1. The maximum atomic E-state index is 13.8. The van der Waals surface area contributed by atoms with Crippen LogP contribution in [0.4, 0.5) is 22.4 Å². The first-order chi connectivity index (χ1) is 11.4. The van der Waals surface area contributed by atoms with E-state index < -0.39 is 35.5 Å². The van der Waals surface area contributed by atoms with E-state index in [0.717, 1.165) is 6.07 Å². The van der Waals surface area contributed by atoms with Gasteiger partial charge in [-0.15, -0.1) is 0 Å². The fourth-order valence-electron chi connectivity index (χ4n) is 2.67. The Balaban J connectivity index is 2.31. The van der Waals surface area contributed by atoms with Crippen LogP contribution in [0.25, 0.3) is 0 Å². The van der Waals surface area contributed by atoms with Crippen molar-refractivity contribution in [2.75, 3.05) is 19.8 Å². The number of carbonyl (C=O) groups excluding carboxylic acids is 1. The third-order valence-electron chi connectivity index (χ3n) is 3.93. The zero-order valence-electron chi connectivity index (χ0n) is 14.1. The van der Waals surface area contributed by atoms with E-state index in [1.54, 1.807) is 20.8 Å². The summed E-state index contributed by atoms with van der Waals surface area (Å²) < 4.78 is 58.0. The molecule has 1 aromatic rings. The minimum Gasteiger partial charge on any atom is -0.444 e. The van der Waals surface area contributed by atoms with Crippen LogP contribution in [0.2, 0.25) is 5.15 Å². The van der Waals surface area contributed by atoms with Crippen molar-refractivity contribution in [1.29, 1.82) is 0 Å². The number of hydrogen-bond donors (Lipinski definition) is 0. The second-order valence-corrected chi connectivity index (χ2v) is 7.51. The average Bonchev–Trinajstić information content (AvgIpc) is 2.90. The molecule has 0 aliphatic carbocycles. The molecule has 1 saturated heterocycles. The number of aromatic nitrogens is 1. The van der Waals surface area contributed by atoms with Crippen molar-refractivity contribution in [3.63, 3.8) is 0 Å². The third kappa shape index (κ3) is 4.54. The van der Waals surface area contributed by atoms with Gasteiger partial charge in [0.15, 0.2) is 0 Å². The van der Waals surface area contributed by atoms with Gasteiger partial charge in [0.05, 0.1) is 16.7 Å². The van der Waals surface area contributed by atoms with Crippen LogP contribution in [0.3, 0.4) is 0 Å². The van der Waals surface area contributed by atoms with E-state index in [4.69, 9.17) is 16.3 Å². The second-order valence-electron chi connectivity index (χ2n) is 7.13. The van der Waals surface area contributed by atoms with Gasteiger partial charge in [0.1, 0.15) is 17.4 Å². The Labute approximate surface area is 148 Å². The Morgan fingerprint density at radius 2 is 2.00 bits per heavy atom. The Morgan fingerprint density at radius 1 is 1.36 bits per heavy atom. The van der Waals surface area contributed by atoms with Crippen molar-refractivity contribution < 1.29 is 27.1 Å². The highest BCUT2D eigenvalue weighted by Crippen LogP contribution is 2.38. The number of carbonyl (C=O) groups is 1. The summed E-state index contributed by atoms with van der Waals surface area (Å²) >= 11 is 5.70. The van der Waals surface area contributed by atoms with E-state index in [2.05, 4.69) is 4.98 Å². The molecule has 25 heavy (non-hydrogen) atoms. The lowest BCUT2D eigenvalue weighted by Gasteiger charge is -2.28. The van der Waals surface area contributed by atoms with Crippen LogP contribution in [0, 0.1) is 0 Å². The molecule has 1 aliphatic heterocycles. The van der Waals surface area contributed by atoms with E-state index in [0.29, 0.717) is 6.07 Å². The molecule has 1 atom stereocenters. The van der Waals surface area contributed by atoms with Crippen LogP contribution in [-0.2, 0) is 16.3 Å². The third-order valence-corrected chi connectivity index (χ3v) is 4.12. The predicted octanol–water partition coefficient (Wildman–Crippen LogP) is 4.60. The maximum absolute atomic E-state index is 13.8. The number of hydrogen-bond acceptors (Lipinski definition) is 3. The lowest BCUT2D eigenvalue weighted by atomic mass is 9.84. The van der Waals surface area contributed by atoms with Crippen molar-refractivity contribution in [3.05, 3.63) is 28.5 Å². The van der Waals surface area contributed by atoms with Crippen LogP contribution < -0.4 is 0 Å². The molecule has 1 aliphatic rings. The minimum absolute atomic E-state index is 0.110. The lowest BCUT2D eigenvalue weighted by Crippen LogP contribution is -2.39. The fraction of sp³-hybridized carbons (Fsp3) is 0.625. The number of pyridine rings is 1. The Kier molecular flexibility index (Phi) is 5.23. The number of rotatable bonds is 2. The Hall–Kier alpha value is -1.57. The van der Waals surface area contributed by atoms with Crippen molar-refractivity contribution in [1.82, 2.24) is 9.88 Å². The summed E-state index contributed by atoms with van der Waals surface area (Å²) in [7, 11) is 0. The van der Waals surface area contributed by atoms with Crippen LogP contribution in [0.1, 0.15) is 38.4 Å². The molecule has 0 N–H and O–H groups in total.